The van der Waals surface area contributed by atoms with Crippen LogP contribution < -0.4 is 10.6 Å². The molecule has 1 fully saturated rings. The van der Waals surface area contributed by atoms with Crippen molar-refractivity contribution in [1.29, 1.82) is 0 Å². The molecular formula is C28H43N3O4. The number of carboxylic acids is 1. The molecule has 0 aliphatic heterocycles. The van der Waals surface area contributed by atoms with Crippen LogP contribution in [0.2, 0.25) is 0 Å². The van der Waals surface area contributed by atoms with Gasteiger partial charge in [-0.3, -0.25) is 9.59 Å². The number of carboxylic acid groups (broad SMARTS) is 1. The molecule has 3 atom stereocenters. The second-order valence-corrected chi connectivity index (χ2v) is 11.5. The summed E-state index contributed by atoms with van der Waals surface area (Å²) in [7, 11) is 1.63. The Kier molecular flexibility index (Phi) is 8.27. The van der Waals surface area contributed by atoms with Crippen LogP contribution in [0.3, 0.4) is 0 Å². The molecule has 35 heavy (non-hydrogen) atoms. The van der Waals surface area contributed by atoms with E-state index in [2.05, 4.69) is 36.6 Å². The number of hydrogen-bond acceptors (Lipinski definition) is 4. The number of nitrogens with one attached hydrogen (secondary N) is 2. The summed E-state index contributed by atoms with van der Waals surface area (Å²) >= 11 is 0. The lowest BCUT2D eigenvalue weighted by Crippen LogP contribution is -2.66. The number of benzene rings is 1. The zero-order valence-corrected chi connectivity index (χ0v) is 22.8. The molecule has 0 aromatic heterocycles. The average Bonchev–Trinajstić information content (AvgIpc) is 3.52. The maximum atomic E-state index is 14.2. The van der Waals surface area contributed by atoms with Gasteiger partial charge in [-0.1, -0.05) is 78.0 Å². The molecule has 1 saturated carbocycles. The Morgan fingerprint density at radius 3 is 2.17 bits per heavy atom. The minimum Gasteiger partial charge on any atom is -0.478 e. The number of nitrogens with zero attached hydrogens (tertiary/aromatic N) is 1. The highest BCUT2D eigenvalue weighted by molar-refractivity contribution is 5.96. The Morgan fingerprint density at radius 1 is 1.11 bits per heavy atom. The fourth-order valence-corrected chi connectivity index (χ4v) is 4.82. The zero-order chi connectivity index (χ0) is 26.8. The molecule has 2 rings (SSSR count). The highest BCUT2D eigenvalue weighted by Gasteiger charge is 2.69. The second kappa shape index (κ2) is 10.1. The van der Waals surface area contributed by atoms with Gasteiger partial charge in [0, 0.05) is 30.6 Å². The Hall–Kier alpha value is -2.67. The molecule has 7 nitrogen and oxygen atoms in total. The highest BCUT2D eigenvalue weighted by atomic mass is 16.4. The van der Waals surface area contributed by atoms with Gasteiger partial charge in [0.2, 0.25) is 11.8 Å². The summed E-state index contributed by atoms with van der Waals surface area (Å²) in [5, 5.41) is 15.8. The maximum absolute atomic E-state index is 14.2. The standard InChI is InChI=1S/C28H43N3O4/c1-10-29-21-18-28(21,26(6,7)20-14-12-11-13-15-20)23(34)30-27(8,25(3,4)5)24(35)31(9)17-16-19(2)22(32)33/h11-16,21,29H,10,17-18H2,1-9H3,(H,30,34)(H,32,33)/b19-16+. The Balaban J connectivity index is 2.44. The lowest BCUT2D eigenvalue weighted by atomic mass is 9.68. The van der Waals surface area contributed by atoms with E-state index in [4.69, 9.17) is 5.11 Å². The van der Waals surface area contributed by atoms with Crippen molar-refractivity contribution < 1.29 is 19.5 Å². The van der Waals surface area contributed by atoms with E-state index in [1.807, 2.05) is 45.9 Å². The molecule has 3 N–H and O–H groups in total. The molecule has 3 unspecified atom stereocenters. The molecule has 1 aliphatic rings. The van der Waals surface area contributed by atoms with Gasteiger partial charge in [-0.15, -0.1) is 0 Å². The van der Waals surface area contributed by atoms with Crippen LogP contribution in [0.5, 0.6) is 0 Å². The molecule has 0 bridgehead atoms. The second-order valence-electron chi connectivity index (χ2n) is 11.5. The third kappa shape index (κ3) is 5.30. The largest absolute Gasteiger partial charge is 0.478 e. The Morgan fingerprint density at radius 2 is 1.69 bits per heavy atom. The van der Waals surface area contributed by atoms with E-state index in [9.17, 15) is 14.4 Å². The summed E-state index contributed by atoms with van der Waals surface area (Å²) in [6, 6.07) is 10.0. The van der Waals surface area contributed by atoms with Gasteiger partial charge in [0.15, 0.2) is 0 Å². The monoisotopic (exact) mass is 485 g/mol. The van der Waals surface area contributed by atoms with E-state index in [1.54, 1.807) is 14.0 Å². The summed E-state index contributed by atoms with van der Waals surface area (Å²) in [6.07, 6.45) is 2.19. The normalized spacial score (nSPS) is 22.2. The topological polar surface area (TPSA) is 98.7 Å². The molecule has 2 amide bonds. The lowest BCUT2D eigenvalue weighted by Gasteiger charge is -2.45. The number of likely N-dealkylation sites (N-methyl/N-ethyl adjacent to an activating group) is 1. The smallest absolute Gasteiger partial charge is 0.331 e. The van der Waals surface area contributed by atoms with Gasteiger partial charge in [-0.2, -0.15) is 0 Å². The maximum Gasteiger partial charge on any atom is 0.331 e. The minimum absolute atomic E-state index is 0.000839. The molecule has 1 aliphatic carbocycles. The first-order valence-corrected chi connectivity index (χ1v) is 12.3. The van der Waals surface area contributed by atoms with Crippen LogP contribution in [0.1, 0.15) is 67.4 Å². The molecular weight excluding hydrogens is 442 g/mol. The Labute approximate surface area is 210 Å². The zero-order valence-electron chi connectivity index (χ0n) is 22.8. The van der Waals surface area contributed by atoms with Gasteiger partial charge in [-0.05, 0) is 37.8 Å². The molecule has 0 saturated heterocycles. The Bertz CT molecular complexity index is 980. The number of amides is 2. The first-order chi connectivity index (χ1) is 16.1. The number of carbonyl (C=O) groups is 3. The molecule has 7 heteroatoms. The van der Waals surface area contributed by atoms with Crippen LogP contribution in [0.15, 0.2) is 42.0 Å². The minimum atomic E-state index is -1.21. The molecule has 0 spiro atoms. The van der Waals surface area contributed by atoms with Crippen LogP contribution in [-0.4, -0.2) is 59.5 Å². The van der Waals surface area contributed by atoms with Crippen molar-refractivity contribution >= 4 is 17.8 Å². The van der Waals surface area contributed by atoms with E-state index in [1.165, 1.54) is 17.9 Å². The molecule has 1 aromatic carbocycles. The number of rotatable bonds is 10. The van der Waals surface area contributed by atoms with Gasteiger partial charge in [0.25, 0.3) is 0 Å². The predicted molar refractivity (Wildman–Crippen MR) is 139 cm³/mol. The van der Waals surface area contributed by atoms with Gasteiger partial charge in [0.1, 0.15) is 5.54 Å². The first-order valence-electron chi connectivity index (χ1n) is 12.3. The lowest BCUT2D eigenvalue weighted by molar-refractivity contribution is -0.147. The summed E-state index contributed by atoms with van der Waals surface area (Å²) in [5.74, 6) is -1.43. The van der Waals surface area contributed by atoms with E-state index in [0.717, 1.165) is 12.1 Å². The van der Waals surface area contributed by atoms with Crippen molar-refractivity contribution in [2.24, 2.45) is 10.8 Å². The molecule has 0 heterocycles. The van der Waals surface area contributed by atoms with Crippen LogP contribution in [0, 0.1) is 10.8 Å². The van der Waals surface area contributed by atoms with Crippen molar-refractivity contribution in [2.75, 3.05) is 20.1 Å². The van der Waals surface area contributed by atoms with Gasteiger partial charge in [0.05, 0.1) is 5.41 Å². The van der Waals surface area contributed by atoms with Crippen molar-refractivity contribution in [3.63, 3.8) is 0 Å². The molecule has 0 radical (unpaired) electrons. The summed E-state index contributed by atoms with van der Waals surface area (Å²) in [5.41, 5.74) is -1.74. The fourth-order valence-electron chi connectivity index (χ4n) is 4.82. The van der Waals surface area contributed by atoms with Crippen molar-refractivity contribution in [1.82, 2.24) is 15.5 Å². The van der Waals surface area contributed by atoms with Gasteiger partial charge >= 0.3 is 5.97 Å². The summed E-state index contributed by atoms with van der Waals surface area (Å²) in [6.45, 7) is 16.2. The quantitative estimate of drug-likeness (QED) is 0.439. The van der Waals surface area contributed by atoms with E-state index >= 15 is 0 Å². The number of aliphatic carboxylic acids is 1. The summed E-state index contributed by atoms with van der Waals surface area (Å²) < 4.78 is 0. The molecule has 194 valence electrons. The highest BCUT2D eigenvalue weighted by Crippen LogP contribution is 2.60. The SMILES string of the molecule is CCNC1CC1(C(=O)NC(C)(C(=O)N(C)C/C=C(\C)C(=O)O)C(C)(C)C)C(C)(C)c1ccccc1. The van der Waals surface area contributed by atoms with Crippen LogP contribution in [0.25, 0.3) is 0 Å². The summed E-state index contributed by atoms with van der Waals surface area (Å²) in [4.78, 5) is 40.5. The van der Waals surface area contributed by atoms with E-state index < -0.39 is 27.8 Å². The van der Waals surface area contributed by atoms with Gasteiger partial charge in [-0.25, -0.2) is 4.79 Å². The molecule has 1 aromatic rings. The fraction of sp³-hybridized carbons (Fsp3) is 0.607. The van der Waals surface area contributed by atoms with Crippen molar-refractivity contribution in [3.05, 3.63) is 47.5 Å². The third-order valence-electron chi connectivity index (χ3n) is 8.07. The van der Waals surface area contributed by atoms with Gasteiger partial charge < -0.3 is 20.6 Å². The van der Waals surface area contributed by atoms with Crippen LogP contribution >= 0.6 is 0 Å². The predicted octanol–water partition coefficient (Wildman–Crippen LogP) is 3.74. The number of carbonyl (C=O) groups excluding carboxylic acids is 2. The first kappa shape index (κ1) is 28.6. The van der Waals surface area contributed by atoms with E-state index in [-0.39, 0.29) is 30.0 Å². The number of hydrogen-bond donors (Lipinski definition) is 3. The average molecular weight is 486 g/mol. The van der Waals surface area contributed by atoms with Crippen molar-refractivity contribution in [2.45, 2.75) is 78.8 Å². The van der Waals surface area contributed by atoms with Crippen LogP contribution in [-0.2, 0) is 19.8 Å². The van der Waals surface area contributed by atoms with Crippen LogP contribution in [0.4, 0.5) is 0 Å². The third-order valence-corrected chi connectivity index (χ3v) is 8.07. The van der Waals surface area contributed by atoms with Crippen molar-refractivity contribution in [3.8, 4) is 0 Å². The van der Waals surface area contributed by atoms with E-state index in [0.29, 0.717) is 6.42 Å².